The monoisotopic (exact) mass is 407 g/mol. The summed E-state index contributed by atoms with van der Waals surface area (Å²) in [5.74, 6) is 0.547. The van der Waals surface area contributed by atoms with Crippen molar-refractivity contribution in [1.29, 1.82) is 0 Å². The van der Waals surface area contributed by atoms with Crippen molar-refractivity contribution in [3.8, 4) is 11.5 Å². The highest BCUT2D eigenvalue weighted by molar-refractivity contribution is 8.26. The summed E-state index contributed by atoms with van der Waals surface area (Å²) in [6.07, 6.45) is 1.44. The van der Waals surface area contributed by atoms with Gasteiger partial charge in [0.25, 0.3) is 5.91 Å². The zero-order chi connectivity index (χ0) is 18.3. The van der Waals surface area contributed by atoms with E-state index >= 15 is 0 Å². The van der Waals surface area contributed by atoms with Crippen molar-refractivity contribution in [1.82, 2.24) is 4.90 Å². The first kappa shape index (κ1) is 17.3. The molecule has 2 aromatic carbocycles. The number of rotatable bonds is 3. The number of thiocarbonyl (C=S) groups is 1. The molecule has 1 saturated heterocycles. The lowest BCUT2D eigenvalue weighted by atomic mass is 10.1. The summed E-state index contributed by atoms with van der Waals surface area (Å²) in [4.78, 5) is 14.5. The molecule has 26 heavy (non-hydrogen) atoms. The summed E-state index contributed by atoms with van der Waals surface area (Å²) in [7, 11) is 0. The summed E-state index contributed by atoms with van der Waals surface area (Å²) < 4.78 is 25.0. The van der Waals surface area contributed by atoms with E-state index in [4.69, 9.17) is 33.3 Å². The zero-order valence-electron chi connectivity index (χ0n) is 13.2. The third-order valence-electron chi connectivity index (χ3n) is 3.93. The zero-order valence-corrected chi connectivity index (χ0v) is 15.6. The van der Waals surface area contributed by atoms with E-state index < -0.39 is 5.82 Å². The molecule has 0 saturated carbocycles. The molecule has 4 nitrogen and oxygen atoms in total. The van der Waals surface area contributed by atoms with E-state index in [0.29, 0.717) is 27.3 Å². The number of hydrogen-bond acceptors (Lipinski definition) is 5. The van der Waals surface area contributed by atoms with Gasteiger partial charge >= 0.3 is 0 Å². The molecule has 0 spiro atoms. The van der Waals surface area contributed by atoms with Crippen LogP contribution < -0.4 is 9.47 Å². The molecule has 0 radical (unpaired) electrons. The molecule has 1 amide bonds. The van der Waals surface area contributed by atoms with Crippen LogP contribution in [0.2, 0.25) is 5.02 Å². The van der Waals surface area contributed by atoms with Gasteiger partial charge in [-0.15, -0.1) is 0 Å². The molecule has 2 heterocycles. The van der Waals surface area contributed by atoms with E-state index in [0.717, 1.165) is 17.3 Å². The first-order valence-corrected chi connectivity index (χ1v) is 9.21. The smallest absolute Gasteiger partial charge is 0.266 e. The van der Waals surface area contributed by atoms with Crippen LogP contribution in [0.1, 0.15) is 11.1 Å². The summed E-state index contributed by atoms with van der Waals surface area (Å²) in [6, 6.07) is 9.85. The predicted molar refractivity (Wildman–Crippen MR) is 103 cm³/mol. The summed E-state index contributed by atoms with van der Waals surface area (Å²) in [6.45, 7) is 0.482. The fraction of sp³-hybridized carbons (Fsp3) is 0.111. The van der Waals surface area contributed by atoms with Gasteiger partial charge < -0.3 is 9.47 Å². The largest absolute Gasteiger partial charge is 0.454 e. The number of hydrogen-bond donors (Lipinski definition) is 0. The van der Waals surface area contributed by atoms with E-state index in [1.54, 1.807) is 12.1 Å². The van der Waals surface area contributed by atoms with E-state index in [2.05, 4.69) is 0 Å². The topological polar surface area (TPSA) is 38.8 Å². The molecule has 0 bridgehead atoms. The molecule has 0 aromatic heterocycles. The van der Waals surface area contributed by atoms with Crippen molar-refractivity contribution in [2.75, 3.05) is 6.79 Å². The van der Waals surface area contributed by atoms with Crippen molar-refractivity contribution in [2.45, 2.75) is 6.54 Å². The van der Waals surface area contributed by atoms with Gasteiger partial charge in [0.15, 0.2) is 11.5 Å². The number of benzene rings is 2. The summed E-state index contributed by atoms with van der Waals surface area (Å²) in [5.41, 5.74) is 1.04. The predicted octanol–water partition coefficient (Wildman–Crippen LogP) is 4.61. The second kappa shape index (κ2) is 6.90. The minimum Gasteiger partial charge on any atom is -0.454 e. The van der Waals surface area contributed by atoms with Gasteiger partial charge in [-0.3, -0.25) is 9.69 Å². The number of thioether (sulfide) groups is 1. The lowest BCUT2D eigenvalue weighted by Crippen LogP contribution is -2.27. The summed E-state index contributed by atoms with van der Waals surface area (Å²) >= 11 is 12.5. The Balaban J connectivity index is 1.59. The molecular weight excluding hydrogens is 397 g/mol. The number of carbonyl (C=O) groups is 1. The molecule has 0 N–H and O–H groups in total. The molecule has 0 unspecified atom stereocenters. The minimum absolute atomic E-state index is 0.178. The molecule has 132 valence electrons. The van der Waals surface area contributed by atoms with E-state index in [9.17, 15) is 9.18 Å². The minimum atomic E-state index is -0.487. The lowest BCUT2D eigenvalue weighted by Gasteiger charge is -2.14. The van der Waals surface area contributed by atoms with Crippen LogP contribution in [0.15, 0.2) is 41.3 Å². The molecule has 2 aliphatic rings. The molecule has 2 aromatic rings. The Labute approximate surface area is 163 Å². The van der Waals surface area contributed by atoms with Crippen LogP contribution in [-0.4, -0.2) is 21.9 Å². The third-order valence-corrected chi connectivity index (χ3v) is 5.63. The number of amides is 1. The van der Waals surface area contributed by atoms with Crippen LogP contribution in [-0.2, 0) is 11.3 Å². The van der Waals surface area contributed by atoms with Crippen molar-refractivity contribution in [2.24, 2.45) is 0 Å². The standard InChI is InChI=1S/C18H11ClFNO3S2/c19-12-2-1-3-13(20)11(12)7-16-17(22)21(18(25)26-16)8-10-4-5-14-15(6-10)24-9-23-14/h1-7H,8-9H2/b16-7-. The maximum Gasteiger partial charge on any atom is 0.266 e. The highest BCUT2D eigenvalue weighted by atomic mass is 35.5. The van der Waals surface area contributed by atoms with Gasteiger partial charge in [0.05, 0.1) is 16.5 Å². The van der Waals surface area contributed by atoms with Gasteiger partial charge in [-0.2, -0.15) is 0 Å². The number of fused-ring (bicyclic) bond motifs is 1. The molecule has 0 aliphatic carbocycles. The van der Waals surface area contributed by atoms with Crippen molar-refractivity contribution < 1.29 is 18.7 Å². The molecular formula is C18H11ClFNO3S2. The Morgan fingerprint density at radius 1 is 1.27 bits per heavy atom. The van der Waals surface area contributed by atoms with Crippen LogP contribution >= 0.6 is 35.6 Å². The highest BCUT2D eigenvalue weighted by Gasteiger charge is 2.32. The van der Waals surface area contributed by atoms with Crippen LogP contribution in [0.25, 0.3) is 6.08 Å². The van der Waals surface area contributed by atoms with Gasteiger partial charge in [-0.05, 0) is 35.9 Å². The third kappa shape index (κ3) is 3.18. The first-order valence-electron chi connectivity index (χ1n) is 7.61. The van der Waals surface area contributed by atoms with Gasteiger partial charge in [0.2, 0.25) is 6.79 Å². The Hall–Kier alpha value is -2.09. The number of carbonyl (C=O) groups excluding carboxylic acids is 1. The molecule has 0 atom stereocenters. The maximum atomic E-state index is 14.0. The van der Waals surface area contributed by atoms with Gasteiger partial charge in [0, 0.05) is 5.56 Å². The Bertz CT molecular complexity index is 943. The molecule has 4 rings (SSSR count). The molecule has 8 heteroatoms. The van der Waals surface area contributed by atoms with Crippen LogP contribution in [0.5, 0.6) is 11.5 Å². The fourth-order valence-electron chi connectivity index (χ4n) is 2.64. The fourth-order valence-corrected chi connectivity index (χ4v) is 4.09. The molecule has 2 aliphatic heterocycles. The second-order valence-corrected chi connectivity index (χ2v) is 7.67. The Morgan fingerprint density at radius 3 is 2.88 bits per heavy atom. The van der Waals surface area contributed by atoms with Gasteiger partial charge in [-0.1, -0.05) is 47.7 Å². The lowest BCUT2D eigenvalue weighted by molar-refractivity contribution is -0.122. The normalized spacial score (nSPS) is 17.5. The van der Waals surface area contributed by atoms with Crippen molar-refractivity contribution in [3.63, 3.8) is 0 Å². The highest BCUT2D eigenvalue weighted by Crippen LogP contribution is 2.37. The van der Waals surface area contributed by atoms with E-state index in [1.807, 2.05) is 12.1 Å². The summed E-state index contributed by atoms with van der Waals surface area (Å²) in [5, 5.41) is 0.242. The first-order chi connectivity index (χ1) is 12.5. The maximum absolute atomic E-state index is 14.0. The SMILES string of the molecule is O=C1/C(=C/c2c(F)cccc2Cl)SC(=S)N1Cc1ccc2c(c1)OCO2. The van der Waals surface area contributed by atoms with Gasteiger partial charge in [0.1, 0.15) is 10.1 Å². The van der Waals surface area contributed by atoms with Crippen LogP contribution in [0.3, 0.4) is 0 Å². The van der Waals surface area contributed by atoms with Crippen LogP contribution in [0.4, 0.5) is 4.39 Å². The van der Waals surface area contributed by atoms with E-state index in [-0.39, 0.29) is 23.3 Å². The average Bonchev–Trinajstić information content (AvgIpc) is 3.18. The van der Waals surface area contributed by atoms with Crippen LogP contribution in [0, 0.1) is 5.82 Å². The molecule has 1 fully saturated rings. The average molecular weight is 408 g/mol. The Kier molecular flexibility index (Phi) is 4.60. The Morgan fingerprint density at radius 2 is 2.08 bits per heavy atom. The second-order valence-electron chi connectivity index (χ2n) is 5.59. The number of ether oxygens (including phenoxy) is 2. The van der Waals surface area contributed by atoms with Crippen molar-refractivity contribution in [3.05, 3.63) is 63.3 Å². The van der Waals surface area contributed by atoms with E-state index in [1.165, 1.54) is 23.1 Å². The van der Waals surface area contributed by atoms with Crippen molar-refractivity contribution >= 4 is 51.9 Å². The number of nitrogens with zero attached hydrogens (tertiary/aromatic N) is 1. The quantitative estimate of drug-likeness (QED) is 0.548. The van der Waals surface area contributed by atoms with Gasteiger partial charge in [-0.25, -0.2) is 4.39 Å². The number of halogens is 2.